The van der Waals surface area contributed by atoms with Crippen LogP contribution in [-0.2, 0) is 12.8 Å². The second-order valence-electron chi connectivity index (χ2n) is 7.73. The van der Waals surface area contributed by atoms with E-state index in [1.807, 2.05) is 29.3 Å². The van der Waals surface area contributed by atoms with Gasteiger partial charge in [-0.2, -0.15) is 29.9 Å². The van der Waals surface area contributed by atoms with Crippen molar-refractivity contribution in [1.29, 1.82) is 0 Å². The van der Waals surface area contributed by atoms with Crippen LogP contribution in [0.4, 0.5) is 41.4 Å². The average molecular weight is 513 g/mol. The Morgan fingerprint density at radius 2 is 1.46 bits per heavy atom. The van der Waals surface area contributed by atoms with Gasteiger partial charge in [-0.3, -0.25) is 0 Å². The molecule has 4 rings (SSSR count). The molecule has 4 aromatic heterocycles. The van der Waals surface area contributed by atoms with E-state index in [-0.39, 0.29) is 11.9 Å². The zero-order valence-electron chi connectivity index (χ0n) is 19.8. The van der Waals surface area contributed by atoms with E-state index in [0.717, 1.165) is 25.1 Å². The Hall–Kier alpha value is -3.78. The Bertz CT molecular complexity index is 1240. The van der Waals surface area contributed by atoms with Gasteiger partial charge in [-0.25, -0.2) is 0 Å². The normalized spacial score (nSPS) is 10.8. The lowest BCUT2D eigenvalue weighted by atomic mass is 10.3. The van der Waals surface area contributed by atoms with Crippen LogP contribution in [0.3, 0.4) is 0 Å². The maximum atomic E-state index is 5.95. The Balaban J connectivity index is 1.35. The zero-order chi connectivity index (χ0) is 24.8. The molecule has 0 radical (unpaired) electrons. The molecular formula is C21H28N12S2. The van der Waals surface area contributed by atoms with Crippen LogP contribution >= 0.6 is 22.7 Å². The number of nitrogen functional groups attached to an aromatic ring is 2. The van der Waals surface area contributed by atoms with Crippen LogP contribution in [0.15, 0.2) is 29.0 Å². The molecule has 0 saturated carbocycles. The van der Waals surface area contributed by atoms with E-state index in [1.54, 1.807) is 29.7 Å². The first kappa shape index (κ1) is 24.3. The summed E-state index contributed by atoms with van der Waals surface area (Å²) in [5.74, 6) is 2.27. The van der Waals surface area contributed by atoms with Gasteiger partial charge in [0.25, 0.3) is 0 Å². The molecule has 4 aromatic rings. The molecule has 12 nitrogen and oxygen atoms in total. The lowest BCUT2D eigenvalue weighted by Gasteiger charge is -2.17. The second kappa shape index (κ2) is 11.1. The molecule has 0 spiro atoms. The average Bonchev–Trinajstić information content (AvgIpc) is 3.52. The molecule has 35 heavy (non-hydrogen) atoms. The van der Waals surface area contributed by atoms with Crippen LogP contribution in [0.5, 0.6) is 0 Å². The molecule has 0 unspecified atom stereocenters. The number of aromatic nitrogens is 6. The number of hydrogen-bond acceptors (Lipinski definition) is 14. The lowest BCUT2D eigenvalue weighted by Crippen LogP contribution is -2.23. The van der Waals surface area contributed by atoms with Crippen molar-refractivity contribution in [2.24, 2.45) is 0 Å². The van der Waals surface area contributed by atoms with Gasteiger partial charge in [-0.15, -0.1) is 22.7 Å². The third-order valence-electron chi connectivity index (χ3n) is 5.07. The van der Waals surface area contributed by atoms with E-state index >= 15 is 0 Å². The van der Waals surface area contributed by atoms with Gasteiger partial charge >= 0.3 is 0 Å². The Labute approximate surface area is 211 Å². The largest absolute Gasteiger partial charge is 0.368 e. The van der Waals surface area contributed by atoms with Crippen molar-refractivity contribution in [1.82, 2.24) is 29.9 Å². The molecule has 0 bridgehead atoms. The molecular weight excluding hydrogens is 484 g/mol. The minimum Gasteiger partial charge on any atom is -0.368 e. The van der Waals surface area contributed by atoms with Crippen LogP contribution in [0.1, 0.15) is 9.75 Å². The minimum absolute atomic E-state index is 0.176. The molecule has 6 N–H and O–H groups in total. The number of nitrogens with zero attached hydrogens (tertiary/aromatic N) is 8. The topological polar surface area (TPSA) is 160 Å². The predicted molar refractivity (Wildman–Crippen MR) is 144 cm³/mol. The van der Waals surface area contributed by atoms with Crippen LogP contribution in [0.2, 0.25) is 0 Å². The van der Waals surface area contributed by atoms with Crippen molar-refractivity contribution in [2.75, 3.05) is 66.1 Å². The number of thiophene rings is 2. The van der Waals surface area contributed by atoms with Gasteiger partial charge in [0, 0.05) is 49.4 Å². The number of anilines is 7. The molecule has 0 aliphatic carbocycles. The second-order valence-corrected chi connectivity index (χ2v) is 9.76. The Morgan fingerprint density at radius 1 is 0.829 bits per heavy atom. The summed E-state index contributed by atoms with van der Waals surface area (Å²) in [5.41, 5.74) is 12.6. The van der Waals surface area contributed by atoms with Crippen LogP contribution in [0.25, 0.3) is 0 Å². The quantitative estimate of drug-likeness (QED) is 0.233. The van der Waals surface area contributed by atoms with Crippen LogP contribution < -0.4 is 31.9 Å². The highest BCUT2D eigenvalue weighted by Crippen LogP contribution is 2.24. The Kier molecular flexibility index (Phi) is 7.72. The monoisotopic (exact) mass is 512 g/mol. The molecule has 0 fully saturated rings. The Morgan fingerprint density at radius 3 is 2.09 bits per heavy atom. The molecule has 0 aromatic carbocycles. The van der Waals surface area contributed by atoms with E-state index < -0.39 is 0 Å². The van der Waals surface area contributed by atoms with Crippen molar-refractivity contribution in [3.8, 4) is 0 Å². The fraction of sp³-hybridized carbons (Fsp3) is 0.333. The van der Waals surface area contributed by atoms with Gasteiger partial charge in [0.05, 0.1) is 5.69 Å². The van der Waals surface area contributed by atoms with Crippen molar-refractivity contribution < 1.29 is 0 Å². The number of nitrogens with one attached hydrogen (secondary N) is 2. The summed E-state index contributed by atoms with van der Waals surface area (Å²) in [6.07, 6.45) is 1.72. The maximum absolute atomic E-state index is 5.95. The van der Waals surface area contributed by atoms with Crippen LogP contribution in [0, 0.1) is 0 Å². The summed E-state index contributed by atoms with van der Waals surface area (Å²) in [5, 5.41) is 10.2. The molecule has 0 saturated heterocycles. The van der Waals surface area contributed by atoms with E-state index in [1.165, 1.54) is 9.75 Å². The summed E-state index contributed by atoms with van der Waals surface area (Å²) in [6.45, 7) is 1.49. The van der Waals surface area contributed by atoms with Crippen LogP contribution in [-0.4, -0.2) is 64.1 Å². The highest BCUT2D eigenvalue weighted by atomic mass is 32.1. The van der Waals surface area contributed by atoms with Crippen molar-refractivity contribution >= 4 is 64.1 Å². The fourth-order valence-electron chi connectivity index (χ4n) is 3.19. The molecule has 4 heterocycles. The lowest BCUT2D eigenvalue weighted by molar-refractivity contribution is 0.838. The third kappa shape index (κ3) is 6.64. The van der Waals surface area contributed by atoms with Crippen molar-refractivity contribution in [2.45, 2.75) is 12.8 Å². The van der Waals surface area contributed by atoms with Gasteiger partial charge in [0.2, 0.25) is 35.7 Å². The summed E-state index contributed by atoms with van der Waals surface area (Å²) < 4.78 is 0. The predicted octanol–water partition coefficient (Wildman–Crippen LogP) is 2.49. The molecule has 0 aliphatic rings. The van der Waals surface area contributed by atoms with E-state index in [0.29, 0.717) is 30.3 Å². The van der Waals surface area contributed by atoms with Gasteiger partial charge in [-0.05, 0) is 30.4 Å². The van der Waals surface area contributed by atoms with Gasteiger partial charge in [-0.1, -0.05) is 6.07 Å². The maximum Gasteiger partial charge on any atom is 0.233 e. The first-order valence-electron chi connectivity index (χ1n) is 10.9. The number of hydrogen-bond donors (Lipinski definition) is 4. The molecule has 0 atom stereocenters. The molecule has 14 heteroatoms. The summed E-state index contributed by atoms with van der Waals surface area (Å²) in [4.78, 5) is 32.1. The summed E-state index contributed by atoms with van der Waals surface area (Å²) in [7, 11) is 5.61. The van der Waals surface area contributed by atoms with Gasteiger partial charge in [0.15, 0.2) is 0 Å². The molecule has 0 amide bonds. The standard InChI is InChI=1S/C21H28N12S2/c1-24-18-26-16(22)28-20(30-18)33(3)9-7-15-11-13(12-35-15)25-19-27-17(23)29-21(31-19)32(2)8-6-14-5-4-10-34-14/h4-5,10-12H,6-9H2,1-3H3,(H3,22,24,26,28,30)(H3,23,25,27,29,31). The SMILES string of the molecule is CNc1nc(N)nc(N(C)CCc2cc(Nc3nc(N)nc(N(C)CCc4cccs4)n3)cs2)n1. The molecule has 0 aliphatic heterocycles. The van der Waals surface area contributed by atoms with E-state index in [9.17, 15) is 0 Å². The first-order valence-corrected chi connectivity index (χ1v) is 12.7. The van der Waals surface area contributed by atoms with E-state index in [2.05, 4.69) is 64.1 Å². The highest BCUT2D eigenvalue weighted by Gasteiger charge is 2.12. The van der Waals surface area contributed by atoms with Crippen molar-refractivity contribution in [3.05, 3.63) is 38.7 Å². The number of nitrogens with two attached hydrogens (primary N) is 2. The minimum atomic E-state index is 0.176. The van der Waals surface area contributed by atoms with Gasteiger partial charge in [0.1, 0.15) is 0 Å². The first-order chi connectivity index (χ1) is 16.9. The van der Waals surface area contributed by atoms with Crippen molar-refractivity contribution in [3.63, 3.8) is 0 Å². The number of likely N-dealkylation sites (N-methyl/N-ethyl adjacent to an activating group) is 2. The van der Waals surface area contributed by atoms with Gasteiger partial charge < -0.3 is 31.9 Å². The highest BCUT2D eigenvalue weighted by molar-refractivity contribution is 7.10. The smallest absolute Gasteiger partial charge is 0.233 e. The molecule has 184 valence electrons. The number of rotatable bonds is 11. The summed E-state index contributed by atoms with van der Waals surface area (Å²) >= 11 is 3.39. The third-order valence-corrected chi connectivity index (χ3v) is 7.00. The van der Waals surface area contributed by atoms with E-state index in [4.69, 9.17) is 11.5 Å². The fourth-order valence-corrected chi connectivity index (χ4v) is 4.70. The summed E-state index contributed by atoms with van der Waals surface area (Å²) in [6, 6.07) is 6.25. The zero-order valence-corrected chi connectivity index (χ0v) is 21.4.